The molecule has 20 heavy (non-hydrogen) atoms. The molecule has 0 radical (unpaired) electrons. The fraction of sp³-hybridized carbons (Fsp3) is 0.312. The van der Waals surface area contributed by atoms with Gasteiger partial charge in [0.05, 0.1) is 12.8 Å². The molecule has 2 N–H and O–H groups in total. The van der Waals surface area contributed by atoms with Gasteiger partial charge in [-0.15, -0.1) is 0 Å². The third-order valence-corrected chi connectivity index (χ3v) is 3.68. The Labute approximate surface area is 118 Å². The van der Waals surface area contributed by atoms with Crippen molar-refractivity contribution in [3.8, 4) is 0 Å². The van der Waals surface area contributed by atoms with Crippen molar-refractivity contribution in [1.82, 2.24) is 0 Å². The number of carbonyl (C=O) groups excluding carboxylic acids is 1. The van der Waals surface area contributed by atoms with Gasteiger partial charge in [0, 0.05) is 17.3 Å². The van der Waals surface area contributed by atoms with Gasteiger partial charge in [-0.3, -0.25) is 4.79 Å². The molecule has 1 aromatic carbocycles. The number of nitrogens with one attached hydrogen (secondary N) is 2. The van der Waals surface area contributed by atoms with Gasteiger partial charge in [-0.25, -0.2) is 0 Å². The van der Waals surface area contributed by atoms with Crippen LogP contribution in [0.25, 0.3) is 0 Å². The Morgan fingerprint density at radius 3 is 2.50 bits per heavy atom. The molecule has 2 aromatic rings. The fourth-order valence-electron chi connectivity index (χ4n) is 2.19. The summed E-state index contributed by atoms with van der Waals surface area (Å²) >= 11 is 0. The lowest BCUT2D eigenvalue weighted by Gasteiger charge is -2.24. The molecule has 1 fully saturated rings. The first-order valence-electron chi connectivity index (χ1n) is 6.98. The van der Waals surface area contributed by atoms with Crippen molar-refractivity contribution in [3.05, 3.63) is 48.4 Å². The van der Waals surface area contributed by atoms with Gasteiger partial charge in [-0.05, 0) is 49.2 Å². The molecule has 1 aliphatic carbocycles. The summed E-state index contributed by atoms with van der Waals surface area (Å²) in [5.41, 5.74) is 1.86. The van der Waals surface area contributed by atoms with Gasteiger partial charge in [0.1, 0.15) is 5.76 Å². The van der Waals surface area contributed by atoms with Crippen molar-refractivity contribution >= 4 is 17.3 Å². The van der Waals surface area contributed by atoms with Gasteiger partial charge >= 0.3 is 0 Å². The number of benzene rings is 1. The van der Waals surface area contributed by atoms with Crippen LogP contribution in [0.5, 0.6) is 0 Å². The SMILES string of the molecule is O=C(Nc1ccc(NCc2ccco2)cc1)C1CCC1. The molecule has 1 amide bonds. The minimum Gasteiger partial charge on any atom is -0.467 e. The number of hydrogen-bond acceptors (Lipinski definition) is 3. The van der Waals surface area contributed by atoms with E-state index in [0.717, 1.165) is 30.0 Å². The highest BCUT2D eigenvalue weighted by atomic mass is 16.3. The molecule has 0 aliphatic heterocycles. The molecule has 1 saturated carbocycles. The maximum absolute atomic E-state index is 11.8. The molecule has 0 atom stereocenters. The van der Waals surface area contributed by atoms with E-state index < -0.39 is 0 Å². The van der Waals surface area contributed by atoms with E-state index in [1.165, 1.54) is 6.42 Å². The van der Waals surface area contributed by atoms with E-state index in [0.29, 0.717) is 6.54 Å². The van der Waals surface area contributed by atoms with Crippen LogP contribution in [0.3, 0.4) is 0 Å². The zero-order valence-corrected chi connectivity index (χ0v) is 11.3. The number of carbonyl (C=O) groups is 1. The van der Waals surface area contributed by atoms with Gasteiger partial charge in [0.25, 0.3) is 0 Å². The minimum atomic E-state index is 0.146. The van der Waals surface area contributed by atoms with E-state index in [4.69, 9.17) is 4.42 Å². The van der Waals surface area contributed by atoms with Gasteiger partial charge in [0.15, 0.2) is 0 Å². The van der Waals surface area contributed by atoms with Crippen molar-refractivity contribution in [1.29, 1.82) is 0 Å². The van der Waals surface area contributed by atoms with E-state index in [-0.39, 0.29) is 11.8 Å². The monoisotopic (exact) mass is 270 g/mol. The smallest absolute Gasteiger partial charge is 0.227 e. The second-order valence-electron chi connectivity index (χ2n) is 5.13. The first-order chi connectivity index (χ1) is 9.81. The third kappa shape index (κ3) is 3.02. The summed E-state index contributed by atoms with van der Waals surface area (Å²) in [6, 6.07) is 11.6. The van der Waals surface area contributed by atoms with Crippen LogP contribution >= 0.6 is 0 Å². The molecule has 3 rings (SSSR count). The standard InChI is InChI=1S/C16H18N2O2/c19-16(12-3-1-4-12)18-14-8-6-13(7-9-14)17-11-15-5-2-10-20-15/h2,5-10,12,17H,1,3-4,11H2,(H,18,19). The Kier molecular flexibility index (Phi) is 3.72. The van der Waals surface area contributed by atoms with Gasteiger partial charge in [0.2, 0.25) is 5.91 Å². The number of anilines is 2. The highest BCUT2D eigenvalue weighted by Gasteiger charge is 2.24. The van der Waals surface area contributed by atoms with E-state index in [2.05, 4.69) is 10.6 Å². The van der Waals surface area contributed by atoms with Crippen molar-refractivity contribution in [2.75, 3.05) is 10.6 Å². The Morgan fingerprint density at radius 1 is 1.15 bits per heavy atom. The largest absolute Gasteiger partial charge is 0.467 e. The average Bonchev–Trinajstić information content (AvgIpc) is 2.89. The van der Waals surface area contributed by atoms with Crippen molar-refractivity contribution in [2.24, 2.45) is 5.92 Å². The lowest BCUT2D eigenvalue weighted by molar-refractivity contribution is -0.122. The van der Waals surface area contributed by atoms with Crippen LogP contribution in [0.15, 0.2) is 47.1 Å². The zero-order chi connectivity index (χ0) is 13.8. The minimum absolute atomic E-state index is 0.146. The summed E-state index contributed by atoms with van der Waals surface area (Å²) in [4.78, 5) is 11.8. The first kappa shape index (κ1) is 12.8. The van der Waals surface area contributed by atoms with Crippen LogP contribution in [0, 0.1) is 5.92 Å². The van der Waals surface area contributed by atoms with E-state index in [1.54, 1.807) is 6.26 Å². The normalized spacial score (nSPS) is 14.6. The van der Waals surface area contributed by atoms with E-state index in [9.17, 15) is 4.79 Å². The Morgan fingerprint density at radius 2 is 1.90 bits per heavy atom. The molecule has 0 spiro atoms. The summed E-state index contributed by atoms with van der Waals surface area (Å²) in [7, 11) is 0. The third-order valence-electron chi connectivity index (χ3n) is 3.68. The molecular weight excluding hydrogens is 252 g/mol. The molecule has 1 aliphatic rings. The number of amides is 1. The first-order valence-corrected chi connectivity index (χ1v) is 6.98. The fourth-order valence-corrected chi connectivity index (χ4v) is 2.19. The molecule has 1 aromatic heterocycles. The molecule has 0 unspecified atom stereocenters. The molecule has 0 bridgehead atoms. The average molecular weight is 270 g/mol. The number of furan rings is 1. The predicted octanol–water partition coefficient (Wildman–Crippen LogP) is 3.63. The molecule has 0 saturated heterocycles. The van der Waals surface area contributed by atoms with Crippen LogP contribution in [0.1, 0.15) is 25.0 Å². The zero-order valence-electron chi connectivity index (χ0n) is 11.3. The summed E-state index contributed by atoms with van der Waals surface area (Å²) < 4.78 is 5.26. The van der Waals surface area contributed by atoms with Crippen LogP contribution in [-0.2, 0) is 11.3 Å². The number of hydrogen-bond donors (Lipinski definition) is 2. The highest BCUT2D eigenvalue weighted by molar-refractivity contribution is 5.93. The van der Waals surface area contributed by atoms with Crippen molar-refractivity contribution in [2.45, 2.75) is 25.8 Å². The lowest BCUT2D eigenvalue weighted by Crippen LogP contribution is -2.27. The summed E-state index contributed by atoms with van der Waals surface area (Å²) in [6.07, 6.45) is 4.88. The van der Waals surface area contributed by atoms with Crippen molar-refractivity contribution in [3.63, 3.8) is 0 Å². The molecular formula is C16H18N2O2. The van der Waals surface area contributed by atoms with Crippen LogP contribution in [0.4, 0.5) is 11.4 Å². The molecule has 4 heteroatoms. The Bertz CT molecular complexity index is 557. The van der Waals surface area contributed by atoms with Crippen LogP contribution in [0.2, 0.25) is 0 Å². The van der Waals surface area contributed by atoms with Gasteiger partial charge < -0.3 is 15.1 Å². The maximum atomic E-state index is 11.8. The van der Waals surface area contributed by atoms with Crippen molar-refractivity contribution < 1.29 is 9.21 Å². The summed E-state index contributed by atoms with van der Waals surface area (Å²) in [6.45, 7) is 0.654. The molecule has 104 valence electrons. The Hall–Kier alpha value is -2.23. The predicted molar refractivity (Wildman–Crippen MR) is 78.4 cm³/mol. The van der Waals surface area contributed by atoms with Crippen LogP contribution in [-0.4, -0.2) is 5.91 Å². The number of rotatable bonds is 5. The summed E-state index contributed by atoms with van der Waals surface area (Å²) in [5, 5.41) is 6.22. The Balaban J connectivity index is 1.52. The van der Waals surface area contributed by atoms with E-state index >= 15 is 0 Å². The van der Waals surface area contributed by atoms with Gasteiger partial charge in [-0.2, -0.15) is 0 Å². The lowest BCUT2D eigenvalue weighted by atomic mass is 9.85. The van der Waals surface area contributed by atoms with Gasteiger partial charge in [-0.1, -0.05) is 6.42 Å². The second-order valence-corrected chi connectivity index (χ2v) is 5.13. The highest BCUT2D eigenvalue weighted by Crippen LogP contribution is 2.27. The van der Waals surface area contributed by atoms with E-state index in [1.807, 2.05) is 36.4 Å². The molecule has 1 heterocycles. The quantitative estimate of drug-likeness (QED) is 0.872. The van der Waals surface area contributed by atoms with Crippen LogP contribution < -0.4 is 10.6 Å². The molecule has 4 nitrogen and oxygen atoms in total. The maximum Gasteiger partial charge on any atom is 0.227 e. The summed E-state index contributed by atoms with van der Waals surface area (Å²) in [5.74, 6) is 1.26. The topological polar surface area (TPSA) is 54.3 Å². The second kappa shape index (κ2) is 5.82.